The SMILES string of the molecule is COc1cc(CNC(=O)c2cccc([N+](=O)[O-])c2C)ccc1OCc1ccccc1. The maximum atomic E-state index is 12.5. The molecule has 30 heavy (non-hydrogen) atoms. The number of carbonyl (C=O) groups is 1. The van der Waals surface area contributed by atoms with Crippen LogP contribution in [0.25, 0.3) is 0 Å². The number of carbonyl (C=O) groups excluding carboxylic acids is 1. The van der Waals surface area contributed by atoms with Gasteiger partial charge in [0, 0.05) is 23.7 Å². The lowest BCUT2D eigenvalue weighted by Crippen LogP contribution is -2.23. The van der Waals surface area contributed by atoms with Gasteiger partial charge in [-0.05, 0) is 36.2 Å². The van der Waals surface area contributed by atoms with Gasteiger partial charge in [-0.25, -0.2) is 0 Å². The van der Waals surface area contributed by atoms with E-state index in [0.29, 0.717) is 23.7 Å². The lowest BCUT2D eigenvalue weighted by atomic mass is 10.1. The average Bonchev–Trinajstić information content (AvgIpc) is 2.76. The highest BCUT2D eigenvalue weighted by atomic mass is 16.6. The first-order chi connectivity index (χ1) is 14.5. The van der Waals surface area contributed by atoms with Gasteiger partial charge in [-0.1, -0.05) is 42.5 Å². The van der Waals surface area contributed by atoms with Crippen molar-refractivity contribution in [2.45, 2.75) is 20.1 Å². The zero-order valence-electron chi connectivity index (χ0n) is 16.8. The molecule has 1 amide bonds. The van der Waals surface area contributed by atoms with Gasteiger partial charge in [0.25, 0.3) is 11.6 Å². The lowest BCUT2D eigenvalue weighted by molar-refractivity contribution is -0.385. The molecule has 0 aliphatic heterocycles. The van der Waals surface area contributed by atoms with E-state index in [2.05, 4.69) is 5.32 Å². The molecule has 3 aromatic carbocycles. The van der Waals surface area contributed by atoms with E-state index in [-0.39, 0.29) is 23.7 Å². The third-order valence-corrected chi connectivity index (χ3v) is 4.66. The minimum atomic E-state index is -0.495. The number of nitro benzene ring substituents is 1. The van der Waals surface area contributed by atoms with Crippen molar-refractivity contribution >= 4 is 11.6 Å². The molecule has 3 aromatic rings. The number of nitrogens with zero attached hydrogens (tertiary/aromatic N) is 1. The molecule has 0 bridgehead atoms. The van der Waals surface area contributed by atoms with E-state index in [1.807, 2.05) is 36.4 Å². The Bertz CT molecular complexity index is 1050. The van der Waals surface area contributed by atoms with Crippen molar-refractivity contribution in [3.8, 4) is 11.5 Å². The number of ether oxygens (including phenoxy) is 2. The summed E-state index contributed by atoms with van der Waals surface area (Å²) in [6.07, 6.45) is 0. The van der Waals surface area contributed by atoms with E-state index in [4.69, 9.17) is 9.47 Å². The van der Waals surface area contributed by atoms with E-state index in [1.165, 1.54) is 12.1 Å². The zero-order valence-corrected chi connectivity index (χ0v) is 16.8. The molecular weight excluding hydrogens is 384 g/mol. The molecule has 0 atom stereocenters. The molecule has 154 valence electrons. The van der Waals surface area contributed by atoms with Crippen molar-refractivity contribution in [3.05, 3.63) is 99.1 Å². The predicted octanol–water partition coefficient (Wildman–Crippen LogP) is 4.42. The molecule has 3 rings (SSSR count). The first-order valence-electron chi connectivity index (χ1n) is 9.35. The highest BCUT2D eigenvalue weighted by Gasteiger charge is 2.18. The number of hydrogen-bond donors (Lipinski definition) is 1. The zero-order chi connectivity index (χ0) is 21.5. The number of nitrogens with one attached hydrogen (secondary N) is 1. The summed E-state index contributed by atoms with van der Waals surface area (Å²) < 4.78 is 11.3. The van der Waals surface area contributed by atoms with Crippen LogP contribution in [0.15, 0.2) is 66.7 Å². The van der Waals surface area contributed by atoms with Crippen LogP contribution in [-0.2, 0) is 13.2 Å². The Morgan fingerprint density at radius 3 is 2.47 bits per heavy atom. The molecule has 1 N–H and O–H groups in total. The van der Waals surface area contributed by atoms with Gasteiger partial charge in [0.05, 0.1) is 12.0 Å². The summed E-state index contributed by atoms with van der Waals surface area (Å²) in [6, 6.07) is 19.7. The van der Waals surface area contributed by atoms with Gasteiger partial charge in [-0.3, -0.25) is 14.9 Å². The van der Waals surface area contributed by atoms with E-state index in [9.17, 15) is 14.9 Å². The third-order valence-electron chi connectivity index (χ3n) is 4.66. The monoisotopic (exact) mass is 406 g/mol. The Morgan fingerprint density at radius 1 is 1.00 bits per heavy atom. The molecule has 0 fully saturated rings. The topological polar surface area (TPSA) is 90.7 Å². The predicted molar refractivity (Wildman–Crippen MR) is 113 cm³/mol. The molecule has 0 aliphatic carbocycles. The molecular formula is C23H22N2O5. The number of nitro groups is 1. The number of benzene rings is 3. The maximum absolute atomic E-state index is 12.5. The van der Waals surface area contributed by atoms with Crippen molar-refractivity contribution in [2.24, 2.45) is 0 Å². The van der Waals surface area contributed by atoms with Gasteiger partial charge in [-0.15, -0.1) is 0 Å². The summed E-state index contributed by atoms with van der Waals surface area (Å²) >= 11 is 0. The Balaban J connectivity index is 1.66. The molecule has 0 heterocycles. The molecule has 0 saturated heterocycles. The summed E-state index contributed by atoms with van der Waals surface area (Å²) in [5.41, 5.74) is 2.39. The van der Waals surface area contributed by atoms with Crippen molar-refractivity contribution in [1.29, 1.82) is 0 Å². The fourth-order valence-corrected chi connectivity index (χ4v) is 3.02. The second kappa shape index (κ2) is 9.56. The van der Waals surface area contributed by atoms with Gasteiger partial charge in [0.15, 0.2) is 11.5 Å². The highest BCUT2D eigenvalue weighted by molar-refractivity contribution is 5.96. The second-order valence-corrected chi connectivity index (χ2v) is 6.65. The molecule has 0 radical (unpaired) electrons. The first-order valence-corrected chi connectivity index (χ1v) is 9.35. The summed E-state index contributed by atoms with van der Waals surface area (Å²) in [6.45, 7) is 2.23. The van der Waals surface area contributed by atoms with Crippen molar-refractivity contribution in [2.75, 3.05) is 7.11 Å². The number of amides is 1. The van der Waals surface area contributed by atoms with Crippen LogP contribution in [0.5, 0.6) is 11.5 Å². The smallest absolute Gasteiger partial charge is 0.273 e. The molecule has 7 heteroatoms. The van der Waals surface area contributed by atoms with Crippen molar-refractivity contribution < 1.29 is 19.2 Å². The maximum Gasteiger partial charge on any atom is 0.273 e. The standard InChI is InChI=1S/C23H22N2O5/c1-16-19(9-6-10-20(16)25(27)28)23(26)24-14-18-11-12-21(22(13-18)29-2)30-15-17-7-4-3-5-8-17/h3-13H,14-15H2,1-2H3,(H,24,26). The molecule has 0 saturated carbocycles. The molecule has 0 aromatic heterocycles. The van der Waals surface area contributed by atoms with Crippen LogP contribution in [-0.4, -0.2) is 17.9 Å². The number of methoxy groups -OCH3 is 1. The fourth-order valence-electron chi connectivity index (χ4n) is 3.02. The molecule has 7 nitrogen and oxygen atoms in total. The van der Waals surface area contributed by atoms with Gasteiger partial charge in [0.1, 0.15) is 6.61 Å². The Kier molecular flexibility index (Phi) is 6.64. The van der Waals surface area contributed by atoms with Crippen LogP contribution < -0.4 is 14.8 Å². The molecule has 0 spiro atoms. The van der Waals surface area contributed by atoms with Crippen LogP contribution in [0.1, 0.15) is 27.0 Å². The van der Waals surface area contributed by atoms with Crippen LogP contribution in [0.3, 0.4) is 0 Å². The Labute approximate surface area is 174 Å². The largest absolute Gasteiger partial charge is 0.493 e. The summed E-state index contributed by atoms with van der Waals surface area (Å²) in [4.78, 5) is 23.1. The summed E-state index contributed by atoms with van der Waals surface area (Å²) in [5.74, 6) is 0.787. The summed E-state index contributed by atoms with van der Waals surface area (Å²) in [5, 5.41) is 13.9. The van der Waals surface area contributed by atoms with E-state index in [0.717, 1.165) is 11.1 Å². The fraction of sp³-hybridized carbons (Fsp3) is 0.174. The van der Waals surface area contributed by atoms with Crippen LogP contribution in [0.4, 0.5) is 5.69 Å². The van der Waals surface area contributed by atoms with Gasteiger partial charge in [0.2, 0.25) is 0 Å². The molecule has 0 aliphatic rings. The third kappa shape index (κ3) is 4.94. The number of hydrogen-bond acceptors (Lipinski definition) is 5. The van der Waals surface area contributed by atoms with Gasteiger partial charge in [-0.2, -0.15) is 0 Å². The molecule has 0 unspecified atom stereocenters. The minimum Gasteiger partial charge on any atom is -0.493 e. The normalized spacial score (nSPS) is 10.3. The van der Waals surface area contributed by atoms with E-state index in [1.54, 1.807) is 32.2 Å². The van der Waals surface area contributed by atoms with Gasteiger partial charge >= 0.3 is 0 Å². The van der Waals surface area contributed by atoms with Gasteiger partial charge < -0.3 is 14.8 Å². The average molecular weight is 406 g/mol. The van der Waals surface area contributed by atoms with Crippen molar-refractivity contribution in [3.63, 3.8) is 0 Å². The van der Waals surface area contributed by atoms with Crippen LogP contribution >= 0.6 is 0 Å². The highest BCUT2D eigenvalue weighted by Crippen LogP contribution is 2.29. The van der Waals surface area contributed by atoms with Crippen molar-refractivity contribution in [1.82, 2.24) is 5.32 Å². The van der Waals surface area contributed by atoms with E-state index >= 15 is 0 Å². The Morgan fingerprint density at radius 2 is 1.77 bits per heavy atom. The quantitative estimate of drug-likeness (QED) is 0.442. The van der Waals surface area contributed by atoms with Crippen LogP contribution in [0.2, 0.25) is 0 Å². The Hall–Kier alpha value is -3.87. The van der Waals surface area contributed by atoms with E-state index < -0.39 is 4.92 Å². The number of rotatable bonds is 8. The minimum absolute atomic E-state index is 0.0794. The second-order valence-electron chi connectivity index (χ2n) is 6.65. The van der Waals surface area contributed by atoms with Crippen LogP contribution in [0, 0.1) is 17.0 Å². The lowest BCUT2D eigenvalue weighted by Gasteiger charge is -2.13. The first kappa shape index (κ1) is 20.9. The summed E-state index contributed by atoms with van der Waals surface area (Å²) in [7, 11) is 1.56.